The first-order chi connectivity index (χ1) is 13.0. The molecule has 0 unspecified atom stereocenters. The van der Waals surface area contributed by atoms with Gasteiger partial charge in [0.2, 0.25) is 0 Å². The summed E-state index contributed by atoms with van der Waals surface area (Å²) in [5.41, 5.74) is 0. The maximum absolute atomic E-state index is 10.7. The van der Waals surface area contributed by atoms with Gasteiger partial charge < -0.3 is 5.11 Å². The summed E-state index contributed by atoms with van der Waals surface area (Å²) in [5, 5.41) is 11.4. The van der Waals surface area contributed by atoms with Crippen molar-refractivity contribution in [1.82, 2.24) is 5.32 Å². The first-order valence-corrected chi connectivity index (χ1v) is 12.1. The normalized spacial score (nSPS) is 11.8. The highest BCUT2D eigenvalue weighted by Crippen LogP contribution is 2.17. The molecule has 0 aromatic carbocycles. The summed E-state index contributed by atoms with van der Waals surface area (Å²) in [5.74, 6) is -1.24. The monoisotopic (exact) mass is 423 g/mol. The third kappa shape index (κ3) is 19.1. The van der Waals surface area contributed by atoms with E-state index >= 15 is 0 Å². The highest BCUT2D eigenvalue weighted by Gasteiger charge is 2.32. The predicted molar refractivity (Wildman–Crippen MR) is 119 cm³/mol. The molecule has 0 heterocycles. The van der Waals surface area contributed by atoms with Gasteiger partial charge in [0.15, 0.2) is 0 Å². The van der Waals surface area contributed by atoms with E-state index in [9.17, 15) is 4.79 Å². The van der Waals surface area contributed by atoms with Crippen LogP contribution in [0.25, 0.3) is 0 Å². The molecule has 0 saturated carbocycles. The van der Waals surface area contributed by atoms with Gasteiger partial charge in [-0.2, -0.15) is 0 Å². The Morgan fingerprint density at radius 1 is 0.667 bits per heavy atom. The standard InChI is InChI=1S/C22H43Cl2NO2/c1-2-3-4-5-6-7-8-9-10-11-12-13-14-15-16-17-18-19-20-25-22(23,24)21(26)27/h25H,2-20H2,1H3,(H,26,27). The zero-order chi connectivity index (χ0) is 20.2. The molecule has 0 radical (unpaired) electrons. The van der Waals surface area contributed by atoms with Gasteiger partial charge in [-0.15, -0.1) is 0 Å². The number of nitrogens with one attached hydrogen (secondary N) is 1. The van der Waals surface area contributed by atoms with E-state index in [-0.39, 0.29) is 0 Å². The van der Waals surface area contributed by atoms with Crippen LogP contribution >= 0.6 is 23.2 Å². The lowest BCUT2D eigenvalue weighted by Gasteiger charge is -2.15. The van der Waals surface area contributed by atoms with E-state index in [0.29, 0.717) is 6.54 Å². The quantitative estimate of drug-likeness (QED) is 0.112. The lowest BCUT2D eigenvalue weighted by molar-refractivity contribution is -0.138. The summed E-state index contributed by atoms with van der Waals surface area (Å²) in [6.07, 6.45) is 24.1. The summed E-state index contributed by atoms with van der Waals surface area (Å²) in [4.78, 5) is 10.7. The molecule has 162 valence electrons. The number of alkyl halides is 2. The van der Waals surface area contributed by atoms with Gasteiger partial charge in [-0.1, -0.05) is 139 Å². The van der Waals surface area contributed by atoms with Crippen LogP contribution in [0.4, 0.5) is 0 Å². The van der Waals surface area contributed by atoms with Crippen molar-refractivity contribution in [3.05, 3.63) is 0 Å². The Morgan fingerprint density at radius 2 is 0.963 bits per heavy atom. The van der Waals surface area contributed by atoms with Gasteiger partial charge in [0.1, 0.15) is 0 Å². The van der Waals surface area contributed by atoms with Crippen molar-refractivity contribution in [1.29, 1.82) is 0 Å². The third-order valence-electron chi connectivity index (χ3n) is 5.15. The van der Waals surface area contributed by atoms with Crippen LogP contribution in [-0.4, -0.2) is 22.1 Å². The Bertz CT molecular complexity index is 338. The molecule has 0 aliphatic heterocycles. The van der Waals surface area contributed by atoms with Gasteiger partial charge in [-0.05, 0) is 13.0 Å². The number of hydrogen-bond donors (Lipinski definition) is 2. The minimum absolute atomic E-state index is 0.540. The van der Waals surface area contributed by atoms with E-state index in [0.717, 1.165) is 12.8 Å². The van der Waals surface area contributed by atoms with Gasteiger partial charge in [-0.3, -0.25) is 5.32 Å². The molecule has 0 aromatic heterocycles. The van der Waals surface area contributed by atoms with Crippen LogP contribution in [0.5, 0.6) is 0 Å². The lowest BCUT2D eigenvalue weighted by atomic mass is 10.0. The second kappa shape index (κ2) is 19.3. The summed E-state index contributed by atoms with van der Waals surface area (Å²) < 4.78 is -1.85. The summed E-state index contributed by atoms with van der Waals surface area (Å²) in [6, 6.07) is 0. The van der Waals surface area contributed by atoms with Crippen LogP contribution in [0.3, 0.4) is 0 Å². The Hall–Kier alpha value is 0.01000. The third-order valence-corrected chi connectivity index (χ3v) is 5.74. The zero-order valence-electron chi connectivity index (χ0n) is 17.5. The minimum atomic E-state index is -1.85. The topological polar surface area (TPSA) is 49.3 Å². The van der Waals surface area contributed by atoms with Gasteiger partial charge in [-0.25, -0.2) is 4.79 Å². The summed E-state index contributed by atoms with van der Waals surface area (Å²) in [7, 11) is 0. The maximum atomic E-state index is 10.7. The molecule has 0 saturated heterocycles. The molecule has 3 nitrogen and oxygen atoms in total. The molecule has 0 amide bonds. The van der Waals surface area contributed by atoms with E-state index in [1.807, 2.05) is 0 Å². The first-order valence-electron chi connectivity index (χ1n) is 11.4. The molecule has 0 atom stereocenters. The molecule has 5 heteroatoms. The van der Waals surface area contributed by atoms with Crippen molar-refractivity contribution in [2.75, 3.05) is 6.54 Å². The number of rotatable bonds is 21. The first kappa shape index (κ1) is 27.0. The van der Waals surface area contributed by atoms with Gasteiger partial charge in [0.25, 0.3) is 4.46 Å². The fourth-order valence-electron chi connectivity index (χ4n) is 3.35. The fraction of sp³-hybridized carbons (Fsp3) is 0.955. The molecular weight excluding hydrogens is 381 g/mol. The predicted octanol–water partition coefficient (Wildman–Crippen LogP) is 7.83. The number of carbonyl (C=O) groups is 1. The lowest BCUT2D eigenvalue weighted by Crippen LogP contribution is -2.42. The summed E-state index contributed by atoms with van der Waals surface area (Å²) >= 11 is 11.2. The second-order valence-corrected chi connectivity index (χ2v) is 9.14. The molecule has 0 bridgehead atoms. The number of carboxylic acids is 1. The van der Waals surface area contributed by atoms with Crippen molar-refractivity contribution in [3.8, 4) is 0 Å². The van der Waals surface area contributed by atoms with Crippen LogP contribution in [0, 0.1) is 0 Å². The van der Waals surface area contributed by atoms with Crippen molar-refractivity contribution < 1.29 is 9.90 Å². The largest absolute Gasteiger partial charge is 0.478 e. The fourth-order valence-corrected chi connectivity index (χ4v) is 3.54. The second-order valence-electron chi connectivity index (χ2n) is 7.82. The molecule has 0 aliphatic rings. The van der Waals surface area contributed by atoms with E-state index in [4.69, 9.17) is 28.3 Å². The highest BCUT2D eigenvalue weighted by atomic mass is 35.5. The van der Waals surface area contributed by atoms with Crippen LogP contribution in [0.1, 0.15) is 122 Å². The van der Waals surface area contributed by atoms with E-state index < -0.39 is 10.4 Å². The average molecular weight is 424 g/mol. The average Bonchev–Trinajstić information content (AvgIpc) is 2.63. The minimum Gasteiger partial charge on any atom is -0.478 e. The molecular formula is C22H43Cl2NO2. The van der Waals surface area contributed by atoms with Gasteiger partial charge >= 0.3 is 5.97 Å². The van der Waals surface area contributed by atoms with Crippen LogP contribution in [0.2, 0.25) is 0 Å². The highest BCUT2D eigenvalue weighted by molar-refractivity contribution is 6.56. The Morgan fingerprint density at radius 3 is 1.26 bits per heavy atom. The number of carboxylic acid groups (broad SMARTS) is 1. The molecule has 27 heavy (non-hydrogen) atoms. The van der Waals surface area contributed by atoms with Crippen LogP contribution in [0.15, 0.2) is 0 Å². The van der Waals surface area contributed by atoms with Crippen molar-refractivity contribution in [2.24, 2.45) is 0 Å². The maximum Gasteiger partial charge on any atom is 0.355 e. The van der Waals surface area contributed by atoms with Gasteiger partial charge in [0, 0.05) is 0 Å². The van der Waals surface area contributed by atoms with Crippen molar-refractivity contribution >= 4 is 29.2 Å². The van der Waals surface area contributed by atoms with E-state index in [2.05, 4.69) is 12.2 Å². The van der Waals surface area contributed by atoms with Crippen molar-refractivity contribution in [2.45, 2.75) is 127 Å². The number of halogens is 2. The molecule has 2 N–H and O–H groups in total. The molecule has 0 rings (SSSR count). The summed E-state index contributed by atoms with van der Waals surface area (Å²) in [6.45, 7) is 2.82. The number of aliphatic carboxylic acids is 1. The zero-order valence-corrected chi connectivity index (χ0v) is 19.1. The molecule has 0 aromatic rings. The van der Waals surface area contributed by atoms with Gasteiger partial charge in [0.05, 0.1) is 0 Å². The Balaban J connectivity index is 3.12. The Labute approximate surface area is 178 Å². The van der Waals surface area contributed by atoms with E-state index in [1.54, 1.807) is 0 Å². The molecule has 0 aliphatic carbocycles. The van der Waals surface area contributed by atoms with Crippen LogP contribution in [-0.2, 0) is 4.79 Å². The SMILES string of the molecule is CCCCCCCCCCCCCCCCCCCCNC(Cl)(Cl)C(=O)O. The number of unbranched alkanes of at least 4 members (excludes halogenated alkanes) is 17. The number of hydrogen-bond acceptors (Lipinski definition) is 2. The van der Waals surface area contributed by atoms with Crippen LogP contribution < -0.4 is 5.32 Å². The Kier molecular flexibility index (Phi) is 19.3. The molecule has 0 spiro atoms. The van der Waals surface area contributed by atoms with Crippen molar-refractivity contribution in [3.63, 3.8) is 0 Å². The van der Waals surface area contributed by atoms with E-state index in [1.165, 1.54) is 103 Å². The smallest absolute Gasteiger partial charge is 0.355 e. The molecule has 0 fully saturated rings.